The Kier molecular flexibility index (Phi) is 4.95. The highest BCUT2D eigenvalue weighted by Crippen LogP contribution is 2.42. The van der Waals surface area contributed by atoms with E-state index in [1.54, 1.807) is 0 Å². The lowest BCUT2D eigenvalue weighted by molar-refractivity contribution is -0.219. The normalized spacial score (nSPS) is 40.3. The lowest BCUT2D eigenvalue weighted by atomic mass is 10.1. The molecule has 1 fully saturated rings. The van der Waals surface area contributed by atoms with Crippen molar-refractivity contribution in [1.82, 2.24) is 4.90 Å². The summed E-state index contributed by atoms with van der Waals surface area (Å²) >= 11 is 2.96. The van der Waals surface area contributed by atoms with Crippen LogP contribution in [0.5, 0.6) is 0 Å². The zero-order chi connectivity index (χ0) is 16.8. The van der Waals surface area contributed by atoms with E-state index >= 15 is 0 Å². The first-order valence-corrected chi connectivity index (χ1v) is 8.53. The van der Waals surface area contributed by atoms with Crippen LogP contribution in [0.4, 0.5) is 4.79 Å². The molecule has 126 valence electrons. The van der Waals surface area contributed by atoms with Crippen LogP contribution >= 0.6 is 23.5 Å². The van der Waals surface area contributed by atoms with Gasteiger partial charge in [0.05, 0.1) is 4.83 Å². The zero-order valence-electron chi connectivity index (χ0n) is 10.7. The average molecular weight is 403 g/mol. The monoisotopic (exact) mass is 402 g/mol. The summed E-state index contributed by atoms with van der Waals surface area (Å²) in [5.74, 6) is -3.22. The Morgan fingerprint density at radius 3 is 2.59 bits per heavy atom. The molecule has 0 bridgehead atoms. The van der Waals surface area contributed by atoms with Gasteiger partial charge in [-0.15, -0.1) is 0 Å². The predicted octanol–water partition coefficient (Wildman–Crippen LogP) is -3.74. The molecule has 0 aromatic rings. The van der Waals surface area contributed by atoms with Crippen LogP contribution in [0, 0.1) is 0 Å². The summed E-state index contributed by atoms with van der Waals surface area (Å²) in [6.45, 7) is -0.243. The molecule has 0 spiro atoms. The molecule has 2 aliphatic rings. The fourth-order valence-corrected chi connectivity index (χ4v) is 3.18. The van der Waals surface area contributed by atoms with Gasteiger partial charge in [0, 0.05) is 6.54 Å². The zero-order valence-corrected chi connectivity index (χ0v) is 13.2. The van der Waals surface area contributed by atoms with Crippen molar-refractivity contribution in [2.75, 3.05) is 6.54 Å². The molecule has 0 saturated carbocycles. The molecule has 7 atom stereocenters. The number of carbonyl (C=O) groups is 1. The highest BCUT2D eigenvalue weighted by atomic mass is 79.9. The molecule has 11 nitrogen and oxygen atoms in total. The largest absolute Gasteiger partial charge is 0.861 e. The number of carbonyl (C=O) groups excluding carboxylic acids is 1. The van der Waals surface area contributed by atoms with Crippen molar-refractivity contribution in [2.45, 2.75) is 35.2 Å². The van der Waals surface area contributed by atoms with E-state index < -0.39 is 54.7 Å². The quantitative estimate of drug-likeness (QED) is 0.271. The van der Waals surface area contributed by atoms with Crippen LogP contribution in [0.2, 0.25) is 0 Å². The molecule has 13 heteroatoms. The Bertz CT molecular complexity index is 539. The van der Waals surface area contributed by atoms with Crippen molar-refractivity contribution in [3.63, 3.8) is 0 Å². The molecule has 2 amide bonds. The summed E-state index contributed by atoms with van der Waals surface area (Å²) in [6.07, 6.45) is -7.05. The highest BCUT2D eigenvalue weighted by molar-refractivity contribution is 9.10. The maximum absolute atomic E-state index is 11.7. The van der Waals surface area contributed by atoms with Gasteiger partial charge in [-0.1, -0.05) is 15.9 Å². The predicted molar refractivity (Wildman–Crippen MR) is 68.8 cm³/mol. The lowest BCUT2D eigenvalue weighted by Gasteiger charge is -2.35. The van der Waals surface area contributed by atoms with Crippen LogP contribution in [0.15, 0.2) is 4.99 Å². The van der Waals surface area contributed by atoms with Crippen molar-refractivity contribution in [3.8, 4) is 0 Å². The smallest absolute Gasteiger partial charge is 0.344 e. The minimum absolute atomic E-state index is 0.243. The van der Waals surface area contributed by atoms with E-state index in [1.807, 2.05) is 0 Å². The van der Waals surface area contributed by atoms with Gasteiger partial charge in [-0.2, -0.15) is 0 Å². The third-order valence-electron chi connectivity index (χ3n) is 3.29. The highest BCUT2D eigenvalue weighted by Gasteiger charge is 2.51. The Hall–Kier alpha value is -0.590. The van der Waals surface area contributed by atoms with E-state index in [9.17, 15) is 34.7 Å². The van der Waals surface area contributed by atoms with Crippen LogP contribution in [-0.2, 0) is 9.30 Å². The second-order valence-electron chi connectivity index (χ2n) is 4.80. The molecule has 0 aromatic heterocycles. The molecule has 3 unspecified atom stereocenters. The van der Waals surface area contributed by atoms with Gasteiger partial charge >= 0.3 is 6.03 Å². The molecule has 22 heavy (non-hydrogen) atoms. The Balaban J connectivity index is 2.21. The Morgan fingerprint density at radius 2 is 2.05 bits per heavy atom. The van der Waals surface area contributed by atoms with Crippen LogP contribution < -0.4 is 10.00 Å². The van der Waals surface area contributed by atoms with Crippen molar-refractivity contribution in [2.24, 2.45) is 4.99 Å². The molecular weight excluding hydrogens is 391 g/mol. The number of nitrogens with zero attached hydrogens (tertiary/aromatic N) is 2. The molecule has 2 aliphatic heterocycles. The van der Waals surface area contributed by atoms with Gasteiger partial charge in [-0.25, -0.2) is 9.79 Å². The summed E-state index contributed by atoms with van der Waals surface area (Å²) in [5, 5.41) is 40.3. The summed E-state index contributed by atoms with van der Waals surface area (Å²) in [5.41, 5.74) is 0. The van der Waals surface area contributed by atoms with Gasteiger partial charge in [-0.3, -0.25) is 4.90 Å². The summed E-state index contributed by atoms with van der Waals surface area (Å²) in [4.78, 5) is 34.5. The van der Waals surface area contributed by atoms with Crippen LogP contribution in [0.1, 0.15) is 0 Å². The maximum atomic E-state index is 11.7. The van der Waals surface area contributed by atoms with Gasteiger partial charge in [0.15, 0.2) is 13.8 Å². The number of hydrogen-bond acceptors (Lipinski definition) is 8. The third-order valence-corrected chi connectivity index (χ3v) is 4.93. The van der Waals surface area contributed by atoms with Gasteiger partial charge in [0.25, 0.3) is 0 Å². The van der Waals surface area contributed by atoms with Gasteiger partial charge in [-0.05, 0) is 5.90 Å². The van der Waals surface area contributed by atoms with Gasteiger partial charge in [0.1, 0.15) is 24.2 Å². The Morgan fingerprint density at radius 1 is 1.45 bits per heavy atom. The van der Waals surface area contributed by atoms with E-state index in [0.717, 1.165) is 4.90 Å². The number of amides is 2. The minimum Gasteiger partial charge on any atom is -0.861 e. The number of ether oxygens (including phenoxy) is 1. The van der Waals surface area contributed by atoms with Crippen molar-refractivity contribution in [3.05, 3.63) is 0 Å². The van der Waals surface area contributed by atoms with Crippen LogP contribution in [0.25, 0.3) is 0 Å². The molecular formula is C9H12BrN2O9P-2. The minimum atomic E-state index is -5.25. The molecule has 2 rings (SSSR count). The standard InChI is InChI=1S/C9H14BrN2O9P/c10-2-1-12(9(17)11-6(2)15)7-4(14)3(13)5(21-7)8(16)22(18,19)20/h2-5,7-8,13-14,16H,1H2,(H,11,15,17)(H2,18,19,20)/p-2/t2?,3-,4+,5-,7+,8?/m0/s1. The number of hydrogen-bond donors (Lipinski definition) is 4. The van der Waals surface area contributed by atoms with Crippen LogP contribution in [0.3, 0.4) is 0 Å². The number of aliphatic imine (C=N–C) groups is 1. The summed E-state index contributed by atoms with van der Waals surface area (Å²) in [6, 6.07) is -1.04. The van der Waals surface area contributed by atoms with Crippen molar-refractivity contribution < 1.29 is 44.3 Å². The number of aliphatic hydroxyl groups is 3. The number of rotatable bonds is 3. The van der Waals surface area contributed by atoms with E-state index in [-0.39, 0.29) is 6.54 Å². The average Bonchev–Trinajstić information content (AvgIpc) is 2.69. The van der Waals surface area contributed by atoms with E-state index in [0.29, 0.717) is 0 Å². The number of halogens is 1. The number of urea groups is 1. The molecule has 0 radical (unpaired) electrons. The Labute approximate surface area is 132 Å². The molecule has 0 aliphatic carbocycles. The first-order valence-electron chi connectivity index (χ1n) is 5.97. The molecule has 4 N–H and O–H groups in total. The van der Waals surface area contributed by atoms with Crippen molar-refractivity contribution in [1.29, 1.82) is 0 Å². The molecule has 2 heterocycles. The fraction of sp³-hybridized carbons (Fsp3) is 0.778. The number of aliphatic hydroxyl groups excluding tert-OH is 3. The second kappa shape index (κ2) is 6.13. The van der Waals surface area contributed by atoms with E-state index in [1.165, 1.54) is 0 Å². The second-order valence-corrected chi connectivity index (χ2v) is 7.57. The fourth-order valence-electron chi connectivity index (χ4n) is 2.15. The first kappa shape index (κ1) is 17.8. The third kappa shape index (κ3) is 3.19. The topological polar surface area (TPSA) is 186 Å². The number of alkyl halides is 1. The van der Waals surface area contributed by atoms with Gasteiger partial charge in [0.2, 0.25) is 0 Å². The lowest BCUT2D eigenvalue weighted by Crippen LogP contribution is -2.54. The van der Waals surface area contributed by atoms with E-state index in [2.05, 4.69) is 20.9 Å². The molecule has 1 saturated heterocycles. The first-order chi connectivity index (χ1) is 10.0. The van der Waals surface area contributed by atoms with Crippen molar-refractivity contribution >= 4 is 35.5 Å². The van der Waals surface area contributed by atoms with Gasteiger partial charge < -0.3 is 39.5 Å². The summed E-state index contributed by atoms with van der Waals surface area (Å²) < 4.78 is 15.9. The molecule has 0 aromatic carbocycles. The SMILES string of the molecule is O=C1N=C([O-])C(Br)CN1[C@@H]1O[C@H](C(O)P(=O)([O-])O)[C@@H](O)[C@H]1O. The maximum Gasteiger partial charge on any atom is 0.344 e. The van der Waals surface area contributed by atoms with E-state index in [4.69, 9.17) is 9.63 Å². The summed E-state index contributed by atoms with van der Waals surface area (Å²) in [7, 11) is -5.25. The van der Waals surface area contributed by atoms with Crippen LogP contribution in [-0.4, -0.2) is 78.8 Å².